The molecule has 0 spiro atoms. The molecule has 0 aromatic heterocycles. The molecule has 0 radical (unpaired) electrons. The Bertz CT molecular complexity index is 1020. The number of carbonyl (C=O) groups is 2. The lowest BCUT2D eigenvalue weighted by molar-refractivity contribution is -0.120. The molecule has 1 unspecified atom stereocenters. The van der Waals surface area contributed by atoms with Crippen LogP contribution in [0.4, 0.5) is 0 Å². The number of nitrogens with one attached hydrogen (secondary N) is 1. The topological polar surface area (TPSA) is 58.5 Å². The Kier molecular flexibility index (Phi) is 5.58. The number of benzene rings is 2. The fourth-order valence-electron chi connectivity index (χ4n) is 2.96. The SMILES string of the molecule is Cc1ccc(C)c2c1=CC(CCNC(=O)c1cc(Br)ccc1Cl)C(=O)N=2. The maximum atomic E-state index is 12.3. The van der Waals surface area contributed by atoms with Gasteiger partial charge in [-0.05, 0) is 49.6 Å². The molecule has 1 aliphatic heterocycles. The van der Waals surface area contributed by atoms with Gasteiger partial charge in [0.05, 0.1) is 21.9 Å². The average Bonchev–Trinajstić information content (AvgIpc) is 2.61. The van der Waals surface area contributed by atoms with Gasteiger partial charge in [0.15, 0.2) is 0 Å². The number of carbonyl (C=O) groups excluding carboxylic acids is 2. The number of hydrogen-bond donors (Lipinski definition) is 1. The molecule has 1 N–H and O–H groups in total. The first-order chi connectivity index (χ1) is 12.4. The summed E-state index contributed by atoms with van der Waals surface area (Å²) in [6.07, 6.45) is 2.46. The summed E-state index contributed by atoms with van der Waals surface area (Å²) in [5, 5.41) is 4.99. The van der Waals surface area contributed by atoms with E-state index in [4.69, 9.17) is 11.6 Å². The van der Waals surface area contributed by atoms with Crippen molar-refractivity contribution in [2.24, 2.45) is 10.9 Å². The summed E-state index contributed by atoms with van der Waals surface area (Å²) < 4.78 is 0.782. The van der Waals surface area contributed by atoms with Crippen LogP contribution in [0.25, 0.3) is 6.08 Å². The number of nitrogens with zero attached hydrogens (tertiary/aromatic N) is 1. The average molecular weight is 434 g/mol. The van der Waals surface area contributed by atoms with Gasteiger partial charge in [-0.1, -0.05) is 45.7 Å². The molecule has 2 aromatic rings. The van der Waals surface area contributed by atoms with Gasteiger partial charge in [0.25, 0.3) is 11.8 Å². The van der Waals surface area contributed by atoms with Gasteiger partial charge in [-0.25, -0.2) is 4.99 Å². The summed E-state index contributed by atoms with van der Waals surface area (Å²) in [5.41, 5.74) is 2.49. The Balaban J connectivity index is 1.71. The van der Waals surface area contributed by atoms with Crippen LogP contribution in [-0.4, -0.2) is 18.4 Å². The molecule has 0 saturated heterocycles. The summed E-state index contributed by atoms with van der Waals surface area (Å²) in [7, 11) is 0. The number of aryl methyl sites for hydroxylation is 2. The zero-order valence-corrected chi connectivity index (χ0v) is 16.8. The Morgan fingerprint density at radius 1 is 1.23 bits per heavy atom. The van der Waals surface area contributed by atoms with E-state index in [-0.39, 0.29) is 17.7 Å². The molecular weight excluding hydrogens is 416 g/mol. The van der Waals surface area contributed by atoms with Gasteiger partial charge in [0.2, 0.25) is 0 Å². The number of fused-ring (bicyclic) bond motifs is 1. The Morgan fingerprint density at radius 3 is 2.73 bits per heavy atom. The van der Waals surface area contributed by atoms with Crippen molar-refractivity contribution in [1.29, 1.82) is 0 Å². The van der Waals surface area contributed by atoms with Crippen molar-refractivity contribution >= 4 is 45.4 Å². The highest BCUT2D eigenvalue weighted by molar-refractivity contribution is 9.10. The largest absolute Gasteiger partial charge is 0.352 e. The van der Waals surface area contributed by atoms with E-state index in [0.717, 1.165) is 26.2 Å². The number of amides is 2. The molecular formula is C20H18BrClN2O2. The predicted molar refractivity (Wildman–Crippen MR) is 106 cm³/mol. The molecule has 0 saturated carbocycles. The van der Waals surface area contributed by atoms with Crippen molar-refractivity contribution in [3.8, 4) is 0 Å². The van der Waals surface area contributed by atoms with Crippen LogP contribution in [0.1, 0.15) is 27.9 Å². The maximum absolute atomic E-state index is 12.3. The summed E-state index contributed by atoms with van der Waals surface area (Å²) in [4.78, 5) is 28.9. The van der Waals surface area contributed by atoms with Crippen LogP contribution >= 0.6 is 27.5 Å². The summed E-state index contributed by atoms with van der Waals surface area (Å²) in [6.45, 7) is 4.32. The Morgan fingerprint density at radius 2 is 1.96 bits per heavy atom. The van der Waals surface area contributed by atoms with Crippen molar-refractivity contribution in [2.45, 2.75) is 20.3 Å². The minimum Gasteiger partial charge on any atom is -0.352 e. The van der Waals surface area contributed by atoms with Crippen LogP contribution in [0.15, 0.2) is 39.8 Å². The van der Waals surface area contributed by atoms with Crippen molar-refractivity contribution in [3.63, 3.8) is 0 Å². The zero-order chi connectivity index (χ0) is 18.8. The lowest BCUT2D eigenvalue weighted by atomic mass is 9.97. The zero-order valence-electron chi connectivity index (χ0n) is 14.5. The summed E-state index contributed by atoms with van der Waals surface area (Å²) >= 11 is 9.40. The van der Waals surface area contributed by atoms with E-state index in [9.17, 15) is 9.59 Å². The lowest BCUT2D eigenvalue weighted by Gasteiger charge is -2.15. The minimum absolute atomic E-state index is 0.166. The molecule has 2 aromatic carbocycles. The van der Waals surface area contributed by atoms with E-state index in [1.54, 1.807) is 18.2 Å². The van der Waals surface area contributed by atoms with Gasteiger partial charge in [-0.3, -0.25) is 9.59 Å². The lowest BCUT2D eigenvalue weighted by Crippen LogP contribution is -2.38. The number of hydrogen-bond acceptors (Lipinski definition) is 2. The van der Waals surface area contributed by atoms with Crippen LogP contribution < -0.4 is 15.9 Å². The monoisotopic (exact) mass is 432 g/mol. The molecule has 0 bridgehead atoms. The summed E-state index contributed by atoms with van der Waals surface area (Å²) in [5.74, 6) is -0.758. The van der Waals surface area contributed by atoms with Crippen LogP contribution in [0.3, 0.4) is 0 Å². The fraction of sp³-hybridized carbons (Fsp3) is 0.250. The third-order valence-electron chi connectivity index (χ3n) is 4.46. The van der Waals surface area contributed by atoms with E-state index in [2.05, 4.69) is 26.2 Å². The molecule has 1 aliphatic rings. The van der Waals surface area contributed by atoms with Crippen LogP contribution in [0.5, 0.6) is 0 Å². The molecule has 3 rings (SSSR count). The second kappa shape index (κ2) is 7.72. The minimum atomic E-state index is -0.332. The maximum Gasteiger partial charge on any atom is 0.253 e. The molecule has 2 amide bonds. The third kappa shape index (κ3) is 3.89. The normalized spacial score (nSPS) is 15.7. The van der Waals surface area contributed by atoms with E-state index < -0.39 is 0 Å². The molecule has 0 fully saturated rings. The molecule has 134 valence electrons. The second-order valence-electron chi connectivity index (χ2n) is 6.35. The molecule has 0 aliphatic carbocycles. The first-order valence-electron chi connectivity index (χ1n) is 8.30. The molecule has 26 heavy (non-hydrogen) atoms. The van der Waals surface area contributed by atoms with Crippen molar-refractivity contribution < 1.29 is 9.59 Å². The van der Waals surface area contributed by atoms with Gasteiger partial charge in [-0.2, -0.15) is 0 Å². The Hall–Kier alpha value is -1.98. The molecule has 1 heterocycles. The standard InChI is InChI=1S/C20H18BrClN2O2/c1-11-3-4-12(2)18-15(11)9-13(19(25)24-18)7-8-23-20(26)16-10-14(21)5-6-17(16)22/h3-6,9-10,13H,7-8H2,1-2H3,(H,23,26). The first kappa shape index (κ1) is 18.8. The van der Waals surface area contributed by atoms with Gasteiger partial charge in [0, 0.05) is 16.2 Å². The van der Waals surface area contributed by atoms with Crippen molar-refractivity contribution in [3.05, 3.63) is 67.1 Å². The van der Waals surface area contributed by atoms with Gasteiger partial charge in [-0.15, -0.1) is 0 Å². The highest BCUT2D eigenvalue weighted by atomic mass is 79.9. The van der Waals surface area contributed by atoms with Crippen molar-refractivity contribution in [2.75, 3.05) is 6.54 Å². The second-order valence-corrected chi connectivity index (χ2v) is 7.68. The smallest absolute Gasteiger partial charge is 0.253 e. The van der Waals surface area contributed by atoms with Crippen LogP contribution in [0.2, 0.25) is 5.02 Å². The van der Waals surface area contributed by atoms with Crippen LogP contribution in [0, 0.1) is 19.8 Å². The van der Waals surface area contributed by atoms with Gasteiger partial charge < -0.3 is 5.32 Å². The number of halogens is 2. The highest BCUT2D eigenvalue weighted by Gasteiger charge is 2.20. The van der Waals surface area contributed by atoms with E-state index in [0.29, 0.717) is 23.6 Å². The quantitative estimate of drug-likeness (QED) is 0.805. The van der Waals surface area contributed by atoms with Crippen molar-refractivity contribution in [1.82, 2.24) is 5.32 Å². The molecule has 6 heteroatoms. The fourth-order valence-corrected chi connectivity index (χ4v) is 3.52. The van der Waals surface area contributed by atoms with Gasteiger partial charge >= 0.3 is 0 Å². The first-order valence-corrected chi connectivity index (χ1v) is 9.48. The van der Waals surface area contributed by atoms with E-state index >= 15 is 0 Å². The highest BCUT2D eigenvalue weighted by Crippen LogP contribution is 2.21. The number of rotatable bonds is 4. The van der Waals surface area contributed by atoms with Crippen LogP contribution in [-0.2, 0) is 4.79 Å². The van der Waals surface area contributed by atoms with Gasteiger partial charge in [0.1, 0.15) is 0 Å². The van der Waals surface area contributed by atoms with E-state index in [1.807, 2.05) is 32.1 Å². The molecule has 4 nitrogen and oxygen atoms in total. The van der Waals surface area contributed by atoms with E-state index in [1.165, 1.54) is 0 Å². The molecule has 1 atom stereocenters. The Labute approximate surface area is 165 Å². The summed E-state index contributed by atoms with van der Waals surface area (Å²) in [6, 6.07) is 9.12. The predicted octanol–water partition coefficient (Wildman–Crippen LogP) is 3.10. The third-order valence-corrected chi connectivity index (χ3v) is 5.28.